The lowest BCUT2D eigenvalue weighted by Gasteiger charge is -2.29. The van der Waals surface area contributed by atoms with Crippen LogP contribution in [0.5, 0.6) is 0 Å². The number of amides is 2. The molecule has 0 aliphatic carbocycles. The van der Waals surface area contributed by atoms with E-state index in [4.69, 9.17) is 5.73 Å². The van der Waals surface area contributed by atoms with Crippen molar-refractivity contribution in [3.8, 4) is 5.69 Å². The number of nitrogens with one attached hydrogen (secondary N) is 2. The number of nitrogens with two attached hydrogens (primary N) is 1. The van der Waals surface area contributed by atoms with Crippen molar-refractivity contribution in [2.75, 3.05) is 36.8 Å². The molecule has 1 aromatic carbocycles. The van der Waals surface area contributed by atoms with Gasteiger partial charge >= 0.3 is 0 Å². The molecule has 128 valence electrons. The average Bonchev–Trinajstić information content (AvgIpc) is 2.90. The Bertz CT molecular complexity index is 944. The Kier molecular flexibility index (Phi) is 3.54. The first-order chi connectivity index (χ1) is 12.1. The van der Waals surface area contributed by atoms with Gasteiger partial charge in [-0.15, -0.1) is 0 Å². The smallest absolute Gasteiger partial charge is 0.262 e. The van der Waals surface area contributed by atoms with Crippen molar-refractivity contribution in [3.05, 3.63) is 51.8 Å². The van der Waals surface area contributed by atoms with Crippen LogP contribution in [0, 0.1) is 0 Å². The lowest BCUT2D eigenvalue weighted by molar-refractivity contribution is 0.0880. The summed E-state index contributed by atoms with van der Waals surface area (Å²) in [5, 5.41) is 5.46. The van der Waals surface area contributed by atoms with E-state index in [1.807, 2.05) is 18.2 Å². The van der Waals surface area contributed by atoms with Crippen molar-refractivity contribution in [1.29, 1.82) is 0 Å². The van der Waals surface area contributed by atoms with Crippen LogP contribution in [0.15, 0.2) is 35.1 Å². The topological polar surface area (TPSA) is 109 Å². The molecule has 1 saturated heterocycles. The zero-order chi connectivity index (χ0) is 17.6. The van der Waals surface area contributed by atoms with Crippen molar-refractivity contribution in [1.82, 2.24) is 15.2 Å². The number of rotatable bonds is 2. The fourth-order valence-corrected chi connectivity index (χ4v) is 3.30. The molecule has 0 bridgehead atoms. The molecule has 2 aliphatic heterocycles. The second kappa shape index (κ2) is 5.75. The van der Waals surface area contributed by atoms with Crippen LogP contribution in [-0.4, -0.2) is 42.6 Å². The third-order valence-corrected chi connectivity index (χ3v) is 4.52. The van der Waals surface area contributed by atoms with Crippen LogP contribution in [0.3, 0.4) is 0 Å². The van der Waals surface area contributed by atoms with Gasteiger partial charge in [0.2, 0.25) is 0 Å². The number of carbonyl (C=O) groups is 2. The number of pyridine rings is 1. The van der Waals surface area contributed by atoms with Gasteiger partial charge in [0.25, 0.3) is 17.4 Å². The van der Waals surface area contributed by atoms with Crippen molar-refractivity contribution in [2.24, 2.45) is 0 Å². The van der Waals surface area contributed by atoms with Gasteiger partial charge in [-0.1, -0.05) is 6.07 Å². The molecule has 4 rings (SSSR count). The van der Waals surface area contributed by atoms with Gasteiger partial charge in [-0.25, -0.2) is 0 Å². The molecule has 2 aromatic rings. The van der Waals surface area contributed by atoms with Crippen LogP contribution in [0.1, 0.15) is 20.7 Å². The summed E-state index contributed by atoms with van der Waals surface area (Å²) in [6.45, 7) is 3.53. The molecule has 0 unspecified atom stereocenters. The number of nitrogen functional groups attached to an aromatic ring is 1. The number of carbonyl (C=O) groups excluding carboxylic acids is 2. The summed E-state index contributed by atoms with van der Waals surface area (Å²) in [6.07, 6.45) is 0. The maximum atomic E-state index is 12.5. The predicted octanol–water partition coefficient (Wildman–Crippen LogP) is -0.287. The highest BCUT2D eigenvalue weighted by Gasteiger charge is 2.31. The first-order valence-corrected chi connectivity index (χ1v) is 8.03. The highest BCUT2D eigenvalue weighted by atomic mass is 16.2. The molecular formula is C17H17N5O3. The monoisotopic (exact) mass is 339 g/mol. The van der Waals surface area contributed by atoms with Crippen LogP contribution in [-0.2, 0) is 0 Å². The lowest BCUT2D eigenvalue weighted by Crippen LogP contribution is -2.43. The third-order valence-electron chi connectivity index (χ3n) is 4.52. The highest BCUT2D eigenvalue weighted by Crippen LogP contribution is 2.25. The Labute approximate surface area is 143 Å². The largest absolute Gasteiger partial charge is 0.384 e. The van der Waals surface area contributed by atoms with Crippen molar-refractivity contribution in [2.45, 2.75) is 0 Å². The molecule has 2 amide bonds. The second-order valence-corrected chi connectivity index (χ2v) is 6.03. The number of hydrogen-bond donors (Lipinski definition) is 3. The number of aromatic nitrogens is 1. The zero-order valence-corrected chi connectivity index (χ0v) is 13.4. The molecule has 8 nitrogen and oxygen atoms in total. The third kappa shape index (κ3) is 2.47. The maximum absolute atomic E-state index is 12.5. The quantitative estimate of drug-likeness (QED) is 0.649. The van der Waals surface area contributed by atoms with E-state index in [0.29, 0.717) is 5.69 Å². The molecule has 0 spiro atoms. The standard InChI is InChI=1S/C17H17N5O3/c18-15-14-12(16(24)20-17(14)25)9-13(23)22(15)11-3-1-2-10(8-11)21-6-4-19-5-7-21/h1-3,8-9,19H,4-7,18H2,(H,20,24,25). The van der Waals surface area contributed by atoms with E-state index in [1.165, 1.54) is 4.57 Å². The fraction of sp³-hybridized carbons (Fsp3) is 0.235. The van der Waals surface area contributed by atoms with Crippen LogP contribution >= 0.6 is 0 Å². The van der Waals surface area contributed by atoms with E-state index in [2.05, 4.69) is 15.5 Å². The van der Waals surface area contributed by atoms with Crippen molar-refractivity contribution >= 4 is 23.3 Å². The van der Waals surface area contributed by atoms with Gasteiger partial charge in [0.05, 0.1) is 16.8 Å². The molecule has 8 heteroatoms. The van der Waals surface area contributed by atoms with Gasteiger partial charge in [-0.2, -0.15) is 0 Å². The molecule has 1 fully saturated rings. The normalized spacial score (nSPS) is 16.7. The zero-order valence-electron chi connectivity index (χ0n) is 13.4. The Morgan fingerprint density at radius 1 is 0.960 bits per heavy atom. The number of anilines is 2. The Morgan fingerprint density at radius 2 is 1.68 bits per heavy atom. The summed E-state index contributed by atoms with van der Waals surface area (Å²) in [7, 11) is 0. The maximum Gasteiger partial charge on any atom is 0.262 e. The minimum atomic E-state index is -0.592. The summed E-state index contributed by atoms with van der Waals surface area (Å²) in [6, 6.07) is 8.59. The van der Waals surface area contributed by atoms with Gasteiger partial charge in [-0.3, -0.25) is 24.3 Å². The Balaban J connectivity index is 1.83. The number of nitrogens with zero attached hydrogens (tertiary/aromatic N) is 2. The van der Waals surface area contributed by atoms with Gasteiger partial charge < -0.3 is 16.0 Å². The van der Waals surface area contributed by atoms with Gasteiger partial charge in [0.1, 0.15) is 5.82 Å². The minimum Gasteiger partial charge on any atom is -0.384 e. The number of piperazine rings is 1. The molecule has 1 aromatic heterocycles. The van der Waals surface area contributed by atoms with E-state index >= 15 is 0 Å². The highest BCUT2D eigenvalue weighted by molar-refractivity contribution is 6.23. The van der Waals surface area contributed by atoms with Crippen LogP contribution in [0.4, 0.5) is 11.5 Å². The van der Waals surface area contributed by atoms with Crippen LogP contribution < -0.4 is 26.8 Å². The molecule has 2 aliphatic rings. The molecule has 0 atom stereocenters. The van der Waals surface area contributed by atoms with Gasteiger partial charge in [0, 0.05) is 37.9 Å². The number of benzene rings is 1. The van der Waals surface area contributed by atoms with E-state index < -0.39 is 17.4 Å². The molecule has 25 heavy (non-hydrogen) atoms. The molecule has 0 radical (unpaired) electrons. The number of fused-ring (bicyclic) bond motifs is 1. The molecular weight excluding hydrogens is 322 g/mol. The first-order valence-electron chi connectivity index (χ1n) is 8.03. The van der Waals surface area contributed by atoms with Gasteiger partial charge in [-0.05, 0) is 18.2 Å². The van der Waals surface area contributed by atoms with Crippen molar-refractivity contribution < 1.29 is 9.59 Å². The van der Waals surface area contributed by atoms with E-state index in [-0.39, 0.29) is 16.9 Å². The lowest BCUT2D eigenvalue weighted by atomic mass is 10.1. The summed E-state index contributed by atoms with van der Waals surface area (Å²) >= 11 is 0. The minimum absolute atomic E-state index is 0.0247. The van der Waals surface area contributed by atoms with E-state index in [1.54, 1.807) is 6.07 Å². The fourth-order valence-electron chi connectivity index (χ4n) is 3.30. The van der Waals surface area contributed by atoms with E-state index in [0.717, 1.165) is 37.9 Å². The van der Waals surface area contributed by atoms with Crippen LogP contribution in [0.2, 0.25) is 0 Å². The number of hydrogen-bond acceptors (Lipinski definition) is 6. The molecule has 3 heterocycles. The molecule has 4 N–H and O–H groups in total. The summed E-state index contributed by atoms with van der Waals surface area (Å²) in [5.41, 5.74) is 7.25. The van der Waals surface area contributed by atoms with Crippen molar-refractivity contribution in [3.63, 3.8) is 0 Å². The first kappa shape index (κ1) is 15.4. The van der Waals surface area contributed by atoms with Gasteiger partial charge in [0.15, 0.2) is 0 Å². The predicted molar refractivity (Wildman–Crippen MR) is 93.3 cm³/mol. The summed E-state index contributed by atoms with van der Waals surface area (Å²) in [5.74, 6) is -1.20. The van der Waals surface area contributed by atoms with E-state index in [9.17, 15) is 14.4 Å². The average molecular weight is 339 g/mol. The summed E-state index contributed by atoms with van der Waals surface area (Å²) < 4.78 is 1.27. The Morgan fingerprint density at radius 3 is 2.44 bits per heavy atom. The molecule has 0 saturated carbocycles. The Hall–Kier alpha value is -3.13. The second-order valence-electron chi connectivity index (χ2n) is 6.03. The summed E-state index contributed by atoms with van der Waals surface area (Å²) in [4.78, 5) is 38.4. The van der Waals surface area contributed by atoms with Crippen LogP contribution in [0.25, 0.3) is 5.69 Å². The SMILES string of the molecule is Nc1c2c(cc(=O)n1-c1cccc(N3CCNCC3)c1)C(=O)NC2=O. The number of imide groups is 1.